The van der Waals surface area contributed by atoms with Gasteiger partial charge in [-0.1, -0.05) is 6.92 Å². The number of ether oxygens (including phenoxy) is 1. The van der Waals surface area contributed by atoms with Crippen LogP contribution in [-0.2, 0) is 4.79 Å². The molecule has 0 fully saturated rings. The van der Waals surface area contributed by atoms with Gasteiger partial charge in [0.05, 0.1) is 0 Å². The summed E-state index contributed by atoms with van der Waals surface area (Å²) in [6.07, 6.45) is 3.35. The summed E-state index contributed by atoms with van der Waals surface area (Å²) in [6, 6.07) is 10.9. The Hall–Kier alpha value is -2.40. The molecule has 0 aliphatic carbocycles. The second-order valence-electron chi connectivity index (χ2n) is 4.76. The van der Waals surface area contributed by atoms with Gasteiger partial charge in [0, 0.05) is 30.5 Å². The predicted molar refractivity (Wildman–Crippen MR) is 82.5 cm³/mol. The quantitative estimate of drug-likeness (QED) is 0.856. The molecule has 0 spiro atoms. The van der Waals surface area contributed by atoms with Crippen LogP contribution in [0.25, 0.3) is 0 Å². The van der Waals surface area contributed by atoms with Gasteiger partial charge in [0.15, 0.2) is 0 Å². The Morgan fingerprint density at radius 1 is 1.14 bits per heavy atom. The molecular formula is C16H19N3O2. The standard InChI is InChI=1S/C16H19N3O2/c1-12(11-17-2)16(20)19-13-3-5-14(6-4-13)21-15-7-9-18-10-8-15/h3-10,12,17H,11H2,1-2H3,(H,19,20). The summed E-state index contributed by atoms with van der Waals surface area (Å²) in [5, 5.41) is 5.86. The highest BCUT2D eigenvalue weighted by atomic mass is 16.5. The van der Waals surface area contributed by atoms with Crippen LogP contribution in [0.3, 0.4) is 0 Å². The minimum Gasteiger partial charge on any atom is -0.457 e. The molecule has 1 aromatic heterocycles. The largest absolute Gasteiger partial charge is 0.457 e. The number of amides is 1. The minimum atomic E-state index is -0.0808. The van der Waals surface area contributed by atoms with Gasteiger partial charge in [0.25, 0.3) is 0 Å². The van der Waals surface area contributed by atoms with Gasteiger partial charge in [-0.2, -0.15) is 0 Å². The molecule has 0 aliphatic rings. The SMILES string of the molecule is CNCC(C)C(=O)Nc1ccc(Oc2ccncc2)cc1. The van der Waals surface area contributed by atoms with Crippen LogP contribution in [-0.4, -0.2) is 24.5 Å². The summed E-state index contributed by atoms with van der Waals surface area (Å²) in [4.78, 5) is 15.8. The van der Waals surface area contributed by atoms with Crippen molar-refractivity contribution in [2.75, 3.05) is 18.9 Å². The summed E-state index contributed by atoms with van der Waals surface area (Å²) < 4.78 is 5.66. The number of hydrogen-bond donors (Lipinski definition) is 2. The minimum absolute atomic E-state index is 0.00727. The second-order valence-corrected chi connectivity index (χ2v) is 4.76. The molecule has 1 heterocycles. The summed E-state index contributed by atoms with van der Waals surface area (Å²) in [6.45, 7) is 2.53. The van der Waals surface area contributed by atoms with Crippen LogP contribution in [0.2, 0.25) is 0 Å². The molecule has 1 atom stereocenters. The van der Waals surface area contributed by atoms with E-state index < -0.39 is 0 Å². The fourth-order valence-electron chi connectivity index (χ4n) is 1.81. The Bertz CT molecular complexity index is 570. The van der Waals surface area contributed by atoms with E-state index in [1.165, 1.54) is 0 Å². The maximum atomic E-state index is 11.9. The van der Waals surface area contributed by atoms with Gasteiger partial charge in [-0.05, 0) is 43.4 Å². The van der Waals surface area contributed by atoms with Crippen LogP contribution in [0.5, 0.6) is 11.5 Å². The predicted octanol–water partition coefficient (Wildman–Crippen LogP) is 2.67. The highest BCUT2D eigenvalue weighted by molar-refractivity contribution is 5.92. The lowest BCUT2D eigenvalue weighted by atomic mass is 10.1. The van der Waals surface area contributed by atoms with Crippen LogP contribution < -0.4 is 15.4 Å². The molecule has 0 aliphatic heterocycles. The number of anilines is 1. The molecule has 110 valence electrons. The molecule has 21 heavy (non-hydrogen) atoms. The van der Waals surface area contributed by atoms with Gasteiger partial charge < -0.3 is 15.4 Å². The van der Waals surface area contributed by atoms with Crippen LogP contribution in [0.4, 0.5) is 5.69 Å². The van der Waals surface area contributed by atoms with Gasteiger partial charge in [-0.25, -0.2) is 0 Å². The van der Waals surface area contributed by atoms with E-state index in [2.05, 4.69) is 15.6 Å². The third-order valence-corrected chi connectivity index (χ3v) is 2.97. The number of hydrogen-bond acceptors (Lipinski definition) is 4. The van der Waals surface area contributed by atoms with Crippen molar-refractivity contribution in [3.05, 3.63) is 48.8 Å². The van der Waals surface area contributed by atoms with E-state index in [1.54, 1.807) is 24.5 Å². The Kier molecular flexibility index (Phi) is 5.29. The number of carbonyl (C=O) groups is 1. The number of rotatable bonds is 6. The first-order valence-corrected chi connectivity index (χ1v) is 6.82. The van der Waals surface area contributed by atoms with E-state index in [4.69, 9.17) is 4.74 Å². The fourth-order valence-corrected chi connectivity index (χ4v) is 1.81. The molecule has 1 aromatic carbocycles. The zero-order valence-electron chi connectivity index (χ0n) is 12.2. The van der Waals surface area contributed by atoms with Crippen molar-refractivity contribution in [2.24, 2.45) is 5.92 Å². The monoisotopic (exact) mass is 285 g/mol. The Morgan fingerprint density at radius 3 is 2.38 bits per heavy atom. The van der Waals surface area contributed by atoms with Gasteiger partial charge in [-0.3, -0.25) is 9.78 Å². The van der Waals surface area contributed by atoms with Crippen molar-refractivity contribution in [3.63, 3.8) is 0 Å². The molecule has 1 amide bonds. The van der Waals surface area contributed by atoms with Gasteiger partial charge in [0.2, 0.25) is 5.91 Å². The van der Waals surface area contributed by atoms with E-state index in [0.29, 0.717) is 12.3 Å². The molecule has 0 saturated heterocycles. The Morgan fingerprint density at radius 2 is 1.76 bits per heavy atom. The van der Waals surface area contributed by atoms with Crippen LogP contribution in [0, 0.1) is 5.92 Å². The van der Waals surface area contributed by atoms with E-state index in [9.17, 15) is 4.79 Å². The van der Waals surface area contributed by atoms with Crippen molar-refractivity contribution in [1.82, 2.24) is 10.3 Å². The average molecular weight is 285 g/mol. The molecule has 5 heteroatoms. The number of benzene rings is 1. The van der Waals surface area contributed by atoms with Crippen molar-refractivity contribution < 1.29 is 9.53 Å². The molecule has 2 N–H and O–H groups in total. The lowest BCUT2D eigenvalue weighted by molar-refractivity contribution is -0.119. The molecule has 0 saturated carbocycles. The van der Waals surface area contributed by atoms with Crippen molar-refractivity contribution in [2.45, 2.75) is 6.92 Å². The third-order valence-electron chi connectivity index (χ3n) is 2.97. The molecule has 2 rings (SSSR count). The van der Waals surface area contributed by atoms with Gasteiger partial charge in [-0.15, -0.1) is 0 Å². The maximum absolute atomic E-state index is 11.9. The summed E-state index contributed by atoms with van der Waals surface area (Å²) in [5.74, 6) is 1.35. The topological polar surface area (TPSA) is 63.2 Å². The number of pyridine rings is 1. The highest BCUT2D eigenvalue weighted by Gasteiger charge is 2.11. The third kappa shape index (κ3) is 4.57. The fraction of sp³-hybridized carbons (Fsp3) is 0.250. The molecule has 0 bridgehead atoms. The lowest BCUT2D eigenvalue weighted by Crippen LogP contribution is -2.28. The highest BCUT2D eigenvalue weighted by Crippen LogP contribution is 2.22. The molecule has 1 unspecified atom stereocenters. The summed E-state index contributed by atoms with van der Waals surface area (Å²) in [7, 11) is 1.83. The lowest BCUT2D eigenvalue weighted by Gasteiger charge is -2.12. The first-order valence-electron chi connectivity index (χ1n) is 6.82. The maximum Gasteiger partial charge on any atom is 0.228 e. The molecule has 0 radical (unpaired) electrons. The average Bonchev–Trinajstić information content (AvgIpc) is 2.50. The number of aromatic nitrogens is 1. The summed E-state index contributed by atoms with van der Waals surface area (Å²) in [5.41, 5.74) is 0.755. The van der Waals surface area contributed by atoms with E-state index in [1.807, 2.05) is 38.2 Å². The summed E-state index contributed by atoms with van der Waals surface area (Å²) >= 11 is 0. The zero-order chi connectivity index (χ0) is 15.1. The van der Waals surface area contributed by atoms with E-state index in [0.717, 1.165) is 11.4 Å². The van der Waals surface area contributed by atoms with Crippen molar-refractivity contribution >= 4 is 11.6 Å². The van der Waals surface area contributed by atoms with Crippen molar-refractivity contribution in [1.29, 1.82) is 0 Å². The van der Waals surface area contributed by atoms with E-state index >= 15 is 0 Å². The second kappa shape index (κ2) is 7.40. The normalized spacial score (nSPS) is 11.7. The zero-order valence-corrected chi connectivity index (χ0v) is 12.2. The first-order chi connectivity index (χ1) is 10.2. The number of nitrogens with one attached hydrogen (secondary N) is 2. The Labute approximate surface area is 124 Å². The van der Waals surface area contributed by atoms with Crippen LogP contribution >= 0.6 is 0 Å². The van der Waals surface area contributed by atoms with E-state index in [-0.39, 0.29) is 11.8 Å². The smallest absolute Gasteiger partial charge is 0.228 e. The molecular weight excluding hydrogens is 266 g/mol. The first kappa shape index (κ1) is 15.0. The van der Waals surface area contributed by atoms with Crippen LogP contribution in [0.1, 0.15) is 6.92 Å². The number of nitrogens with zero attached hydrogens (tertiary/aromatic N) is 1. The van der Waals surface area contributed by atoms with Gasteiger partial charge in [0.1, 0.15) is 11.5 Å². The van der Waals surface area contributed by atoms with Crippen LogP contribution in [0.15, 0.2) is 48.8 Å². The molecule has 2 aromatic rings. The molecule has 5 nitrogen and oxygen atoms in total. The van der Waals surface area contributed by atoms with Gasteiger partial charge >= 0.3 is 0 Å². The van der Waals surface area contributed by atoms with Crippen molar-refractivity contribution in [3.8, 4) is 11.5 Å². The Balaban J connectivity index is 1.94. The number of carbonyl (C=O) groups excluding carboxylic acids is 1.